The van der Waals surface area contributed by atoms with Gasteiger partial charge in [0.25, 0.3) is 0 Å². The number of aliphatic hydroxyl groups excluding tert-OH is 1. The van der Waals surface area contributed by atoms with E-state index in [-0.39, 0.29) is 6.61 Å². The Morgan fingerprint density at radius 3 is 2.15 bits per heavy atom. The van der Waals surface area contributed by atoms with E-state index in [9.17, 15) is 5.11 Å². The highest BCUT2D eigenvalue weighted by molar-refractivity contribution is 5.27. The summed E-state index contributed by atoms with van der Waals surface area (Å²) in [6.07, 6.45) is 0. The van der Waals surface area contributed by atoms with E-state index >= 15 is 0 Å². The van der Waals surface area contributed by atoms with Crippen molar-refractivity contribution in [1.82, 2.24) is 4.90 Å². The van der Waals surface area contributed by atoms with E-state index in [1.54, 1.807) is 0 Å². The summed E-state index contributed by atoms with van der Waals surface area (Å²) < 4.78 is 0. The van der Waals surface area contributed by atoms with Crippen molar-refractivity contribution in [2.75, 3.05) is 13.2 Å². The maximum Gasteiger partial charge on any atom is 0.0558 e. The third-order valence-corrected chi connectivity index (χ3v) is 3.40. The van der Waals surface area contributed by atoms with Gasteiger partial charge in [-0.1, -0.05) is 54.6 Å². The van der Waals surface area contributed by atoms with Crippen LogP contribution in [0.4, 0.5) is 0 Å². The molecule has 0 saturated carbocycles. The van der Waals surface area contributed by atoms with Gasteiger partial charge in [0.1, 0.15) is 0 Å². The highest BCUT2D eigenvalue weighted by Gasteiger charge is 2.08. The predicted octanol–water partition coefficient (Wildman–Crippen LogP) is 2.14. The molecule has 2 aromatic carbocycles. The Hall–Kier alpha value is -1.68. The number of benzene rings is 2. The molecule has 2 rings (SSSR count). The lowest BCUT2D eigenvalue weighted by atomic mass is 10.1. The Kier molecular flexibility index (Phi) is 5.74. The van der Waals surface area contributed by atoms with Crippen molar-refractivity contribution in [2.45, 2.75) is 19.6 Å². The molecule has 3 nitrogen and oxygen atoms in total. The maximum absolute atomic E-state index is 9.25. The van der Waals surface area contributed by atoms with Crippen molar-refractivity contribution >= 4 is 0 Å². The van der Waals surface area contributed by atoms with Gasteiger partial charge in [-0.2, -0.15) is 0 Å². The van der Waals surface area contributed by atoms with Gasteiger partial charge in [0.15, 0.2) is 0 Å². The Morgan fingerprint density at radius 1 is 0.850 bits per heavy atom. The molecule has 106 valence electrons. The number of aliphatic hydroxyl groups is 1. The van der Waals surface area contributed by atoms with Crippen LogP contribution in [-0.4, -0.2) is 23.2 Å². The van der Waals surface area contributed by atoms with Gasteiger partial charge in [0, 0.05) is 26.2 Å². The minimum Gasteiger partial charge on any atom is -0.395 e. The van der Waals surface area contributed by atoms with Crippen molar-refractivity contribution in [1.29, 1.82) is 0 Å². The summed E-state index contributed by atoms with van der Waals surface area (Å²) in [6, 6.07) is 18.5. The number of nitrogens with zero attached hydrogens (tertiary/aromatic N) is 1. The average molecular weight is 270 g/mol. The minimum atomic E-state index is 0.164. The second-order valence-corrected chi connectivity index (χ2v) is 4.89. The van der Waals surface area contributed by atoms with Crippen molar-refractivity contribution < 1.29 is 5.11 Å². The smallest absolute Gasteiger partial charge is 0.0558 e. The third-order valence-electron chi connectivity index (χ3n) is 3.40. The molecule has 0 aliphatic carbocycles. The van der Waals surface area contributed by atoms with Crippen LogP contribution in [0.1, 0.15) is 16.7 Å². The van der Waals surface area contributed by atoms with Crippen molar-refractivity contribution in [3.8, 4) is 0 Å². The van der Waals surface area contributed by atoms with Gasteiger partial charge in [0.2, 0.25) is 0 Å². The molecule has 3 N–H and O–H groups in total. The van der Waals surface area contributed by atoms with Crippen LogP contribution < -0.4 is 5.73 Å². The Bertz CT molecular complexity index is 513. The van der Waals surface area contributed by atoms with E-state index in [0.717, 1.165) is 13.1 Å². The van der Waals surface area contributed by atoms with Gasteiger partial charge in [-0.15, -0.1) is 0 Å². The first-order valence-electron chi connectivity index (χ1n) is 6.97. The molecule has 0 unspecified atom stereocenters. The molecule has 0 amide bonds. The standard InChI is InChI=1S/C17H22N2O/c18-12-16-8-4-5-9-17(16)14-19(10-11-20)13-15-6-2-1-3-7-15/h1-9,20H,10-14,18H2. The van der Waals surface area contributed by atoms with E-state index in [4.69, 9.17) is 5.73 Å². The van der Waals surface area contributed by atoms with Crippen LogP contribution in [0.25, 0.3) is 0 Å². The Morgan fingerprint density at radius 2 is 1.50 bits per heavy atom. The molecule has 0 heterocycles. The van der Waals surface area contributed by atoms with Gasteiger partial charge >= 0.3 is 0 Å². The highest BCUT2D eigenvalue weighted by Crippen LogP contribution is 2.13. The van der Waals surface area contributed by atoms with Crippen molar-refractivity contribution in [2.24, 2.45) is 5.73 Å². The average Bonchev–Trinajstić information content (AvgIpc) is 2.49. The molecule has 0 atom stereocenters. The zero-order chi connectivity index (χ0) is 14.2. The summed E-state index contributed by atoms with van der Waals surface area (Å²) in [5.41, 5.74) is 9.45. The summed E-state index contributed by atoms with van der Waals surface area (Å²) in [4.78, 5) is 2.24. The highest BCUT2D eigenvalue weighted by atomic mass is 16.3. The summed E-state index contributed by atoms with van der Waals surface area (Å²) in [5, 5.41) is 9.25. The minimum absolute atomic E-state index is 0.164. The molecule has 2 aromatic rings. The van der Waals surface area contributed by atoms with Crippen LogP contribution in [-0.2, 0) is 19.6 Å². The van der Waals surface area contributed by atoms with Gasteiger partial charge in [0.05, 0.1) is 6.61 Å². The van der Waals surface area contributed by atoms with E-state index in [1.807, 2.05) is 30.3 Å². The SMILES string of the molecule is NCc1ccccc1CN(CCO)Cc1ccccc1. The second-order valence-electron chi connectivity index (χ2n) is 4.89. The van der Waals surface area contributed by atoms with Crippen molar-refractivity contribution in [3.63, 3.8) is 0 Å². The number of hydrogen-bond donors (Lipinski definition) is 2. The lowest BCUT2D eigenvalue weighted by Gasteiger charge is -2.22. The zero-order valence-corrected chi connectivity index (χ0v) is 11.7. The maximum atomic E-state index is 9.25. The molecular formula is C17H22N2O. The van der Waals surface area contributed by atoms with E-state index < -0.39 is 0 Å². The monoisotopic (exact) mass is 270 g/mol. The summed E-state index contributed by atoms with van der Waals surface area (Å²) >= 11 is 0. The number of nitrogens with two attached hydrogens (primary N) is 1. The first kappa shape index (κ1) is 14.7. The molecular weight excluding hydrogens is 248 g/mol. The van der Waals surface area contributed by atoms with Gasteiger partial charge in [-0.3, -0.25) is 4.90 Å². The normalized spacial score (nSPS) is 10.9. The molecule has 0 aliphatic rings. The fraction of sp³-hybridized carbons (Fsp3) is 0.294. The van der Waals surface area contributed by atoms with Gasteiger partial charge < -0.3 is 10.8 Å². The van der Waals surface area contributed by atoms with Gasteiger partial charge in [-0.05, 0) is 16.7 Å². The third kappa shape index (κ3) is 4.17. The molecule has 0 saturated heterocycles. The molecule has 0 aliphatic heterocycles. The second kappa shape index (κ2) is 7.80. The van der Waals surface area contributed by atoms with E-state index in [0.29, 0.717) is 13.1 Å². The topological polar surface area (TPSA) is 49.5 Å². The first-order chi connectivity index (χ1) is 9.83. The lowest BCUT2D eigenvalue weighted by molar-refractivity contribution is 0.184. The van der Waals surface area contributed by atoms with Crippen LogP contribution in [0, 0.1) is 0 Å². The lowest BCUT2D eigenvalue weighted by Crippen LogP contribution is -2.26. The first-order valence-corrected chi connectivity index (χ1v) is 6.97. The van der Waals surface area contributed by atoms with Gasteiger partial charge in [-0.25, -0.2) is 0 Å². The van der Waals surface area contributed by atoms with Crippen LogP contribution in [0.15, 0.2) is 54.6 Å². The molecule has 3 heteroatoms. The summed E-state index contributed by atoms with van der Waals surface area (Å²) in [6.45, 7) is 3.02. The van der Waals surface area contributed by atoms with Crippen LogP contribution >= 0.6 is 0 Å². The summed E-state index contributed by atoms with van der Waals surface area (Å²) in [5.74, 6) is 0. The largest absolute Gasteiger partial charge is 0.395 e. The van der Waals surface area contributed by atoms with Crippen LogP contribution in [0.2, 0.25) is 0 Å². The Labute approximate surface area is 120 Å². The Balaban J connectivity index is 2.09. The van der Waals surface area contributed by atoms with Crippen molar-refractivity contribution in [3.05, 3.63) is 71.3 Å². The fourth-order valence-electron chi connectivity index (χ4n) is 2.35. The van der Waals surface area contributed by atoms with Crippen LogP contribution in [0.3, 0.4) is 0 Å². The molecule has 0 fully saturated rings. The van der Waals surface area contributed by atoms with E-state index in [2.05, 4.69) is 29.2 Å². The summed E-state index contributed by atoms with van der Waals surface area (Å²) in [7, 11) is 0. The fourth-order valence-corrected chi connectivity index (χ4v) is 2.35. The quantitative estimate of drug-likeness (QED) is 0.810. The van der Waals surface area contributed by atoms with Crippen LogP contribution in [0.5, 0.6) is 0 Å². The molecule has 0 bridgehead atoms. The number of hydrogen-bond acceptors (Lipinski definition) is 3. The molecule has 0 aromatic heterocycles. The van der Waals surface area contributed by atoms with E-state index in [1.165, 1.54) is 16.7 Å². The zero-order valence-electron chi connectivity index (χ0n) is 11.7. The molecule has 20 heavy (non-hydrogen) atoms. The molecule has 0 spiro atoms. The predicted molar refractivity (Wildman–Crippen MR) is 82.0 cm³/mol. The molecule has 0 radical (unpaired) electrons. The number of rotatable bonds is 7.